The van der Waals surface area contributed by atoms with E-state index >= 15 is 0 Å². The predicted octanol–water partition coefficient (Wildman–Crippen LogP) is 5.20. The zero-order chi connectivity index (χ0) is 15.5. The Labute approximate surface area is 143 Å². The fourth-order valence-electron chi connectivity index (χ4n) is 1.90. The number of furan rings is 1. The summed E-state index contributed by atoms with van der Waals surface area (Å²) >= 11 is 6.57. The highest BCUT2D eigenvalue weighted by Gasteiger charge is 2.17. The van der Waals surface area contributed by atoms with Crippen LogP contribution in [0.1, 0.15) is 10.6 Å². The van der Waals surface area contributed by atoms with Gasteiger partial charge in [0.25, 0.3) is 5.78 Å². The number of ketones is 1. The van der Waals surface area contributed by atoms with Crippen LogP contribution in [0.15, 0.2) is 68.6 Å². The molecule has 6 heteroatoms. The Kier molecular flexibility index (Phi) is 4.40. The number of hydrogen-bond donors (Lipinski definition) is 1. The van der Waals surface area contributed by atoms with Gasteiger partial charge in [-0.25, -0.2) is 0 Å². The molecule has 1 N–H and O–H groups in total. The molecule has 3 rings (SSSR count). The van der Waals surface area contributed by atoms with Crippen LogP contribution >= 0.6 is 31.9 Å². The third kappa shape index (κ3) is 3.28. The maximum Gasteiger partial charge on any atom is 0.255 e. The number of halogens is 2. The van der Waals surface area contributed by atoms with Crippen LogP contribution in [0.5, 0.6) is 0 Å². The van der Waals surface area contributed by atoms with Gasteiger partial charge in [-0.2, -0.15) is 5.10 Å². The van der Waals surface area contributed by atoms with Crippen LogP contribution in [0, 0.1) is 0 Å². The van der Waals surface area contributed by atoms with E-state index in [1.165, 1.54) is 0 Å². The number of hydrazone groups is 1. The molecule has 0 saturated carbocycles. The van der Waals surface area contributed by atoms with Crippen molar-refractivity contribution in [3.63, 3.8) is 0 Å². The summed E-state index contributed by atoms with van der Waals surface area (Å²) in [5, 5.41) is 4.88. The van der Waals surface area contributed by atoms with Gasteiger partial charge in [-0.1, -0.05) is 34.1 Å². The summed E-state index contributed by atoms with van der Waals surface area (Å²) in [5.41, 5.74) is 4.26. The lowest BCUT2D eigenvalue weighted by Crippen LogP contribution is -2.08. The zero-order valence-electron chi connectivity index (χ0n) is 11.2. The maximum absolute atomic E-state index is 12.3. The number of carbonyl (C=O) groups is 1. The van der Waals surface area contributed by atoms with Gasteiger partial charge >= 0.3 is 0 Å². The minimum absolute atomic E-state index is 0.148. The first kappa shape index (κ1) is 15.0. The second-order valence-electron chi connectivity index (χ2n) is 4.50. The molecular weight excluding hydrogens is 412 g/mol. The molecule has 0 atom stereocenters. The first-order valence-electron chi connectivity index (χ1n) is 6.41. The minimum atomic E-state index is -0.323. The van der Waals surface area contributed by atoms with Gasteiger partial charge in [-0.15, -0.1) is 0 Å². The van der Waals surface area contributed by atoms with Crippen molar-refractivity contribution >= 4 is 58.9 Å². The molecule has 1 aromatic heterocycles. The van der Waals surface area contributed by atoms with Crippen LogP contribution in [-0.4, -0.2) is 10.4 Å². The Morgan fingerprint density at radius 1 is 1.09 bits per heavy atom. The Bertz CT molecular complexity index is 857. The van der Waals surface area contributed by atoms with Crippen LogP contribution in [0.4, 0.5) is 5.69 Å². The monoisotopic (exact) mass is 420 g/mol. The lowest BCUT2D eigenvalue weighted by atomic mass is 10.2. The van der Waals surface area contributed by atoms with Crippen LogP contribution in [0.25, 0.3) is 11.0 Å². The second kappa shape index (κ2) is 6.46. The van der Waals surface area contributed by atoms with Crippen molar-refractivity contribution in [1.29, 1.82) is 0 Å². The summed E-state index contributed by atoms with van der Waals surface area (Å²) in [6.07, 6.45) is 0. The second-order valence-corrected chi connectivity index (χ2v) is 6.17. The topological polar surface area (TPSA) is 54.6 Å². The molecule has 0 amide bonds. The largest absolute Gasteiger partial charge is 0.452 e. The number of fused-ring (bicyclic) bond motifs is 1. The molecule has 2 aromatic carbocycles. The molecule has 0 bridgehead atoms. The minimum Gasteiger partial charge on any atom is -0.452 e. The van der Waals surface area contributed by atoms with Crippen LogP contribution in [0.2, 0.25) is 0 Å². The number of nitrogens with one attached hydrogen (secondary N) is 1. The van der Waals surface area contributed by atoms with Crippen molar-refractivity contribution < 1.29 is 9.21 Å². The van der Waals surface area contributed by atoms with E-state index in [0.29, 0.717) is 5.58 Å². The average Bonchev–Trinajstić information content (AvgIpc) is 2.95. The summed E-state index contributed by atoms with van der Waals surface area (Å²) in [5.74, 6) is -0.0886. The van der Waals surface area contributed by atoms with E-state index in [1.807, 2.05) is 48.5 Å². The summed E-state index contributed by atoms with van der Waals surface area (Å²) in [6, 6.07) is 16.6. The Morgan fingerprint density at radius 2 is 1.86 bits per heavy atom. The summed E-state index contributed by atoms with van der Waals surface area (Å²) in [4.78, 5) is 12.3. The van der Waals surface area contributed by atoms with Crippen LogP contribution in [-0.2, 0) is 0 Å². The van der Waals surface area contributed by atoms with E-state index in [-0.39, 0.29) is 16.2 Å². The maximum atomic E-state index is 12.3. The number of carbonyl (C=O) groups excluding carboxylic acids is 1. The number of benzene rings is 2. The quantitative estimate of drug-likeness (QED) is 0.358. The smallest absolute Gasteiger partial charge is 0.255 e. The molecule has 1 heterocycles. The molecule has 0 unspecified atom stereocenters. The van der Waals surface area contributed by atoms with Crippen molar-refractivity contribution in [2.24, 2.45) is 5.10 Å². The van der Waals surface area contributed by atoms with Crippen molar-refractivity contribution in [3.05, 3.63) is 64.8 Å². The number of nitrogens with zero attached hydrogens (tertiary/aromatic N) is 1. The molecule has 0 radical (unpaired) electrons. The van der Waals surface area contributed by atoms with E-state index < -0.39 is 0 Å². The molecule has 0 spiro atoms. The molecule has 0 aliphatic heterocycles. The standard InChI is InChI=1S/C16H10Br2N2O2/c17-11-6-7-13-10(8-11)9-14(22-13)15(21)16(18)20-19-12-4-2-1-3-5-12/h1-9,19H/b20-16-. The first-order chi connectivity index (χ1) is 10.6. The average molecular weight is 422 g/mol. The van der Waals surface area contributed by atoms with Gasteiger partial charge < -0.3 is 4.42 Å². The summed E-state index contributed by atoms with van der Waals surface area (Å²) < 4.78 is 6.63. The lowest BCUT2D eigenvalue weighted by molar-refractivity contribution is 0.104. The molecular formula is C16H10Br2N2O2. The lowest BCUT2D eigenvalue weighted by Gasteiger charge is -2.00. The van der Waals surface area contributed by atoms with E-state index in [0.717, 1.165) is 15.5 Å². The van der Waals surface area contributed by atoms with Gasteiger partial charge in [-0.05, 0) is 52.3 Å². The third-order valence-electron chi connectivity index (χ3n) is 2.95. The molecule has 110 valence electrons. The number of hydrogen-bond acceptors (Lipinski definition) is 4. The number of Topliss-reactive ketones (excluding diaryl/α,β-unsaturated/α-hetero) is 1. The van der Waals surface area contributed by atoms with E-state index in [9.17, 15) is 4.79 Å². The van der Waals surface area contributed by atoms with Gasteiger partial charge in [0, 0.05) is 9.86 Å². The van der Waals surface area contributed by atoms with Gasteiger partial charge in [0.15, 0.2) is 10.4 Å². The van der Waals surface area contributed by atoms with E-state index in [2.05, 4.69) is 42.4 Å². The fourth-order valence-corrected chi connectivity index (χ4v) is 2.57. The number of rotatable bonds is 4. The van der Waals surface area contributed by atoms with E-state index in [1.54, 1.807) is 6.07 Å². The van der Waals surface area contributed by atoms with Gasteiger partial charge in [0.2, 0.25) is 0 Å². The highest BCUT2D eigenvalue weighted by Crippen LogP contribution is 2.24. The van der Waals surface area contributed by atoms with Gasteiger partial charge in [-0.3, -0.25) is 10.2 Å². The Morgan fingerprint density at radius 3 is 2.64 bits per heavy atom. The number of para-hydroxylation sites is 1. The SMILES string of the molecule is O=C(/C(Br)=N/Nc1ccccc1)c1cc2cc(Br)ccc2o1. The highest BCUT2D eigenvalue weighted by atomic mass is 79.9. The van der Waals surface area contributed by atoms with Crippen LogP contribution in [0.3, 0.4) is 0 Å². The molecule has 0 saturated heterocycles. The van der Waals surface area contributed by atoms with Gasteiger partial charge in [0.05, 0.1) is 5.69 Å². The molecule has 3 aromatic rings. The van der Waals surface area contributed by atoms with Crippen molar-refractivity contribution in [2.75, 3.05) is 5.43 Å². The summed E-state index contributed by atoms with van der Waals surface area (Å²) in [6.45, 7) is 0. The van der Waals surface area contributed by atoms with Gasteiger partial charge in [0.1, 0.15) is 5.58 Å². The molecule has 0 aliphatic rings. The normalized spacial score (nSPS) is 11.6. The Hall–Kier alpha value is -1.92. The summed E-state index contributed by atoms with van der Waals surface area (Å²) in [7, 11) is 0. The molecule has 0 aliphatic carbocycles. The zero-order valence-corrected chi connectivity index (χ0v) is 14.4. The number of anilines is 1. The highest BCUT2D eigenvalue weighted by molar-refractivity contribution is 9.19. The van der Waals surface area contributed by atoms with E-state index in [4.69, 9.17) is 4.42 Å². The van der Waals surface area contributed by atoms with Crippen molar-refractivity contribution in [3.8, 4) is 0 Å². The van der Waals surface area contributed by atoms with Crippen LogP contribution < -0.4 is 5.43 Å². The van der Waals surface area contributed by atoms with Crippen molar-refractivity contribution in [2.45, 2.75) is 0 Å². The molecule has 4 nitrogen and oxygen atoms in total. The first-order valence-corrected chi connectivity index (χ1v) is 8.00. The molecule has 22 heavy (non-hydrogen) atoms. The third-order valence-corrected chi connectivity index (χ3v) is 3.98. The fraction of sp³-hybridized carbons (Fsp3) is 0. The van der Waals surface area contributed by atoms with Crippen molar-refractivity contribution in [1.82, 2.24) is 0 Å². The molecule has 0 fully saturated rings. The Balaban J connectivity index is 1.82. The predicted molar refractivity (Wildman–Crippen MR) is 94.7 cm³/mol.